The number of esters is 1. The molecule has 31 heavy (non-hydrogen) atoms. The van der Waals surface area contributed by atoms with Crippen LogP contribution in [-0.2, 0) is 9.53 Å². The van der Waals surface area contributed by atoms with Gasteiger partial charge in [0.15, 0.2) is 0 Å². The van der Waals surface area contributed by atoms with Gasteiger partial charge in [-0.15, -0.1) is 0 Å². The van der Waals surface area contributed by atoms with Crippen molar-refractivity contribution in [1.82, 2.24) is 0 Å². The third-order valence-corrected chi connectivity index (χ3v) is 5.15. The molecule has 154 valence electrons. The molecule has 0 saturated carbocycles. The van der Waals surface area contributed by atoms with E-state index < -0.39 is 0 Å². The van der Waals surface area contributed by atoms with Crippen molar-refractivity contribution in [2.24, 2.45) is 0 Å². The lowest BCUT2D eigenvalue weighted by Crippen LogP contribution is -2.25. The van der Waals surface area contributed by atoms with Crippen LogP contribution in [0.5, 0.6) is 0 Å². The minimum absolute atomic E-state index is 0.0809. The van der Waals surface area contributed by atoms with Crippen molar-refractivity contribution in [2.45, 2.75) is 13.8 Å². The number of benzene rings is 3. The van der Waals surface area contributed by atoms with E-state index in [1.807, 2.05) is 85.8 Å². The predicted molar refractivity (Wildman–Crippen MR) is 123 cm³/mol. The standard InChI is InChI=1S/C27H23NO3/c1-3-31-27(30)22-15-13-20(14-16-22)17-23-18-25(21-10-5-4-6-11-21)28(26(23)29)24-12-8-7-9-19(24)2/h4-18H,3H2,1-2H3/b23-17+. The zero-order chi connectivity index (χ0) is 21.8. The molecule has 0 atom stereocenters. The Balaban J connectivity index is 1.73. The van der Waals surface area contributed by atoms with Crippen molar-refractivity contribution >= 4 is 29.3 Å². The minimum Gasteiger partial charge on any atom is -0.462 e. The molecule has 1 aliphatic heterocycles. The highest BCUT2D eigenvalue weighted by atomic mass is 16.5. The van der Waals surface area contributed by atoms with Gasteiger partial charge in [0.1, 0.15) is 0 Å². The van der Waals surface area contributed by atoms with Crippen molar-refractivity contribution in [3.8, 4) is 0 Å². The van der Waals surface area contributed by atoms with Gasteiger partial charge in [0.2, 0.25) is 0 Å². The van der Waals surface area contributed by atoms with Crippen molar-refractivity contribution in [2.75, 3.05) is 11.5 Å². The van der Waals surface area contributed by atoms with Gasteiger partial charge in [0.25, 0.3) is 5.91 Å². The van der Waals surface area contributed by atoms with Crippen LogP contribution in [0, 0.1) is 6.92 Å². The average Bonchev–Trinajstić information content (AvgIpc) is 3.11. The van der Waals surface area contributed by atoms with Crippen LogP contribution in [-0.4, -0.2) is 18.5 Å². The van der Waals surface area contributed by atoms with Crippen LogP contribution in [0.25, 0.3) is 11.8 Å². The first-order valence-corrected chi connectivity index (χ1v) is 10.2. The molecule has 4 rings (SSSR count). The van der Waals surface area contributed by atoms with E-state index in [0.717, 1.165) is 28.1 Å². The number of hydrogen-bond acceptors (Lipinski definition) is 3. The fraction of sp³-hybridized carbons (Fsp3) is 0.111. The number of para-hydroxylation sites is 1. The Morgan fingerprint density at radius 3 is 2.29 bits per heavy atom. The Bertz CT molecular complexity index is 1170. The van der Waals surface area contributed by atoms with Crippen molar-refractivity contribution < 1.29 is 14.3 Å². The van der Waals surface area contributed by atoms with Gasteiger partial charge in [0, 0.05) is 5.57 Å². The number of carbonyl (C=O) groups excluding carboxylic acids is 2. The molecule has 0 bridgehead atoms. The smallest absolute Gasteiger partial charge is 0.338 e. The first-order valence-electron chi connectivity index (χ1n) is 10.2. The molecule has 3 aromatic carbocycles. The second-order valence-corrected chi connectivity index (χ2v) is 7.26. The SMILES string of the molecule is CCOC(=O)c1ccc(/C=C2\C=C(c3ccccc3)N(c3ccccc3C)C2=O)cc1. The fourth-order valence-corrected chi connectivity index (χ4v) is 3.60. The van der Waals surface area contributed by atoms with E-state index in [0.29, 0.717) is 17.7 Å². The van der Waals surface area contributed by atoms with Gasteiger partial charge < -0.3 is 4.74 Å². The summed E-state index contributed by atoms with van der Waals surface area (Å²) in [7, 11) is 0. The summed E-state index contributed by atoms with van der Waals surface area (Å²) in [5, 5.41) is 0. The Morgan fingerprint density at radius 1 is 0.935 bits per heavy atom. The Kier molecular flexibility index (Phi) is 5.80. The van der Waals surface area contributed by atoms with Crippen LogP contribution in [0.2, 0.25) is 0 Å². The number of aryl methyl sites for hydroxylation is 1. The van der Waals surface area contributed by atoms with Crippen LogP contribution >= 0.6 is 0 Å². The molecular formula is C27H23NO3. The maximum absolute atomic E-state index is 13.4. The van der Waals surface area contributed by atoms with Crippen LogP contribution in [0.4, 0.5) is 5.69 Å². The van der Waals surface area contributed by atoms with Crippen molar-refractivity contribution in [3.05, 3.63) is 113 Å². The Labute approximate surface area is 182 Å². The normalized spacial score (nSPS) is 14.6. The number of nitrogens with zero attached hydrogens (tertiary/aromatic N) is 1. The maximum atomic E-state index is 13.4. The zero-order valence-electron chi connectivity index (χ0n) is 17.5. The van der Waals surface area contributed by atoms with E-state index in [2.05, 4.69) is 0 Å². The van der Waals surface area contributed by atoms with E-state index >= 15 is 0 Å². The first kappa shape index (κ1) is 20.4. The van der Waals surface area contributed by atoms with Gasteiger partial charge in [0.05, 0.1) is 23.6 Å². The molecule has 4 nitrogen and oxygen atoms in total. The minimum atomic E-state index is -0.351. The summed E-state index contributed by atoms with van der Waals surface area (Å²) in [6.07, 6.45) is 3.77. The number of rotatable bonds is 5. The lowest BCUT2D eigenvalue weighted by molar-refractivity contribution is -0.113. The monoisotopic (exact) mass is 409 g/mol. The summed E-state index contributed by atoms with van der Waals surface area (Å²) < 4.78 is 5.03. The van der Waals surface area contributed by atoms with E-state index in [1.54, 1.807) is 24.0 Å². The van der Waals surface area contributed by atoms with Crippen LogP contribution in [0.15, 0.2) is 90.5 Å². The summed E-state index contributed by atoms with van der Waals surface area (Å²) in [6, 6.07) is 24.8. The summed E-state index contributed by atoms with van der Waals surface area (Å²) in [6.45, 7) is 4.11. The van der Waals surface area contributed by atoms with Crippen molar-refractivity contribution in [3.63, 3.8) is 0 Å². The lowest BCUT2D eigenvalue weighted by Gasteiger charge is -2.22. The number of carbonyl (C=O) groups is 2. The molecular weight excluding hydrogens is 386 g/mol. The molecule has 1 heterocycles. The van der Waals surface area contributed by atoms with Gasteiger partial charge in [-0.3, -0.25) is 9.69 Å². The second kappa shape index (κ2) is 8.84. The summed E-state index contributed by atoms with van der Waals surface area (Å²) >= 11 is 0. The van der Waals surface area contributed by atoms with Gasteiger partial charge in [-0.25, -0.2) is 4.79 Å². The summed E-state index contributed by atoms with van der Waals surface area (Å²) in [4.78, 5) is 27.1. The van der Waals surface area contributed by atoms with Gasteiger partial charge >= 0.3 is 5.97 Å². The van der Waals surface area contributed by atoms with Crippen molar-refractivity contribution in [1.29, 1.82) is 0 Å². The molecule has 0 aromatic heterocycles. The van der Waals surface area contributed by atoms with E-state index in [-0.39, 0.29) is 11.9 Å². The average molecular weight is 409 g/mol. The van der Waals surface area contributed by atoms with E-state index in [1.165, 1.54) is 0 Å². The molecule has 1 aliphatic rings. The molecule has 0 fully saturated rings. The summed E-state index contributed by atoms with van der Waals surface area (Å²) in [5.41, 5.74) is 5.62. The largest absolute Gasteiger partial charge is 0.462 e. The van der Waals surface area contributed by atoms with Gasteiger partial charge in [-0.05, 0) is 60.9 Å². The number of anilines is 1. The quantitative estimate of drug-likeness (QED) is 0.404. The first-order chi connectivity index (χ1) is 15.1. The molecule has 0 saturated heterocycles. The van der Waals surface area contributed by atoms with E-state index in [4.69, 9.17) is 4.74 Å². The fourth-order valence-electron chi connectivity index (χ4n) is 3.60. The molecule has 3 aromatic rings. The Morgan fingerprint density at radius 2 is 1.61 bits per heavy atom. The van der Waals surface area contributed by atoms with E-state index in [9.17, 15) is 9.59 Å². The third kappa shape index (κ3) is 4.19. The highest BCUT2D eigenvalue weighted by Gasteiger charge is 2.31. The number of hydrogen-bond donors (Lipinski definition) is 0. The van der Waals surface area contributed by atoms with Crippen LogP contribution in [0.1, 0.15) is 34.0 Å². The lowest BCUT2D eigenvalue weighted by atomic mass is 10.1. The highest BCUT2D eigenvalue weighted by molar-refractivity contribution is 6.23. The Hall–Kier alpha value is -3.92. The highest BCUT2D eigenvalue weighted by Crippen LogP contribution is 2.36. The summed E-state index contributed by atoms with van der Waals surface area (Å²) in [5.74, 6) is -0.432. The third-order valence-electron chi connectivity index (χ3n) is 5.15. The second-order valence-electron chi connectivity index (χ2n) is 7.26. The van der Waals surface area contributed by atoms with Gasteiger partial charge in [-0.1, -0.05) is 60.7 Å². The molecule has 0 N–H and O–H groups in total. The maximum Gasteiger partial charge on any atom is 0.338 e. The van der Waals surface area contributed by atoms with Crippen LogP contribution in [0.3, 0.4) is 0 Å². The number of ether oxygens (including phenoxy) is 1. The molecule has 0 unspecified atom stereocenters. The predicted octanol–water partition coefficient (Wildman–Crippen LogP) is 5.64. The molecule has 4 heteroatoms. The van der Waals surface area contributed by atoms with Gasteiger partial charge in [-0.2, -0.15) is 0 Å². The molecule has 0 radical (unpaired) electrons. The topological polar surface area (TPSA) is 46.6 Å². The zero-order valence-corrected chi connectivity index (χ0v) is 17.5. The molecule has 0 spiro atoms. The number of amides is 1. The van der Waals surface area contributed by atoms with Crippen LogP contribution < -0.4 is 4.90 Å². The molecule has 0 aliphatic carbocycles. The molecule has 1 amide bonds.